The summed E-state index contributed by atoms with van der Waals surface area (Å²) in [6.07, 6.45) is 8.56. The largest absolute Gasteiger partial charge is 0.513 e. The minimum absolute atomic E-state index is 0.398. The molecule has 0 fully saturated rings. The van der Waals surface area contributed by atoms with Crippen molar-refractivity contribution in [3.63, 3.8) is 0 Å². The van der Waals surface area contributed by atoms with Gasteiger partial charge in [0.25, 0.3) is 0 Å². The fraction of sp³-hybridized carbons (Fsp3) is 0.400. The Labute approximate surface area is 168 Å². The lowest BCUT2D eigenvalue weighted by Crippen LogP contribution is -2.11. The van der Waals surface area contributed by atoms with Crippen LogP contribution in [-0.2, 0) is 4.74 Å². The monoisotopic (exact) mass is 378 g/mol. The van der Waals surface area contributed by atoms with E-state index in [-0.39, 0.29) is 0 Å². The van der Waals surface area contributed by atoms with E-state index in [4.69, 9.17) is 9.47 Å². The van der Waals surface area contributed by atoms with Gasteiger partial charge in [0, 0.05) is 0 Å². The topological polar surface area (TPSA) is 35.5 Å². The standard InChI is InChI=1S/C25H30O3/c1-3-5-18-27-25(26)28-24-16-14-23(15-17-24)22-12-10-21(11-13-22)20-8-6-19(4-2)7-9-20/h8,10-17,19H,3-7,9,18H2,1-2H3. The highest BCUT2D eigenvalue weighted by atomic mass is 16.7. The molecule has 2 aromatic carbocycles. The lowest BCUT2D eigenvalue weighted by atomic mass is 9.85. The van der Waals surface area contributed by atoms with E-state index in [2.05, 4.69) is 37.3 Å². The zero-order chi connectivity index (χ0) is 19.8. The van der Waals surface area contributed by atoms with Crippen molar-refractivity contribution >= 4 is 11.7 Å². The molecule has 3 heteroatoms. The Bertz CT molecular complexity index is 788. The fourth-order valence-electron chi connectivity index (χ4n) is 3.54. The van der Waals surface area contributed by atoms with Crippen LogP contribution < -0.4 is 4.74 Å². The molecular weight excluding hydrogens is 348 g/mol. The van der Waals surface area contributed by atoms with Gasteiger partial charge in [0.2, 0.25) is 0 Å². The molecule has 1 atom stereocenters. The van der Waals surface area contributed by atoms with E-state index in [1.54, 1.807) is 12.1 Å². The number of unbranched alkanes of at least 4 members (excludes halogenated alkanes) is 1. The van der Waals surface area contributed by atoms with Gasteiger partial charge in [-0.2, -0.15) is 0 Å². The van der Waals surface area contributed by atoms with Gasteiger partial charge in [-0.15, -0.1) is 0 Å². The maximum absolute atomic E-state index is 11.6. The SMILES string of the molecule is CCCCOC(=O)Oc1ccc(-c2ccc(C3=CCC(CC)CC3)cc2)cc1. The summed E-state index contributed by atoms with van der Waals surface area (Å²) in [6.45, 7) is 4.73. The average molecular weight is 379 g/mol. The highest BCUT2D eigenvalue weighted by Crippen LogP contribution is 2.32. The number of allylic oxidation sites excluding steroid dienone is 2. The second-order valence-corrected chi connectivity index (χ2v) is 7.43. The van der Waals surface area contributed by atoms with Gasteiger partial charge in [-0.1, -0.05) is 69.2 Å². The molecule has 0 saturated heterocycles. The number of rotatable bonds is 7. The summed E-state index contributed by atoms with van der Waals surface area (Å²) in [5.74, 6) is 1.35. The van der Waals surface area contributed by atoms with Gasteiger partial charge >= 0.3 is 6.16 Å². The molecule has 0 amide bonds. The first-order chi connectivity index (χ1) is 13.7. The first-order valence-corrected chi connectivity index (χ1v) is 10.4. The highest BCUT2D eigenvalue weighted by molar-refractivity contribution is 5.71. The minimum Gasteiger partial charge on any atom is -0.434 e. The molecule has 0 aromatic heterocycles. The van der Waals surface area contributed by atoms with E-state index in [0.717, 1.165) is 29.9 Å². The van der Waals surface area contributed by atoms with Crippen LogP contribution in [0, 0.1) is 5.92 Å². The number of ether oxygens (including phenoxy) is 2. The number of hydrogen-bond acceptors (Lipinski definition) is 3. The summed E-state index contributed by atoms with van der Waals surface area (Å²) in [5, 5.41) is 0. The Morgan fingerprint density at radius 1 is 0.964 bits per heavy atom. The molecule has 1 unspecified atom stereocenters. The van der Waals surface area contributed by atoms with Gasteiger partial charge in [-0.05, 0) is 66.0 Å². The molecule has 0 saturated carbocycles. The lowest BCUT2D eigenvalue weighted by molar-refractivity contribution is 0.0978. The summed E-state index contributed by atoms with van der Waals surface area (Å²) in [6, 6.07) is 16.3. The van der Waals surface area contributed by atoms with E-state index in [1.807, 2.05) is 19.1 Å². The van der Waals surface area contributed by atoms with Crippen LogP contribution in [0.3, 0.4) is 0 Å². The van der Waals surface area contributed by atoms with Crippen molar-refractivity contribution < 1.29 is 14.3 Å². The van der Waals surface area contributed by atoms with Crippen LogP contribution in [0.25, 0.3) is 16.7 Å². The van der Waals surface area contributed by atoms with Crippen molar-refractivity contribution in [2.75, 3.05) is 6.61 Å². The second-order valence-electron chi connectivity index (χ2n) is 7.43. The van der Waals surface area contributed by atoms with Crippen LogP contribution in [-0.4, -0.2) is 12.8 Å². The van der Waals surface area contributed by atoms with E-state index in [9.17, 15) is 4.79 Å². The minimum atomic E-state index is -0.642. The second kappa shape index (κ2) is 10.1. The van der Waals surface area contributed by atoms with E-state index in [0.29, 0.717) is 12.4 Å². The predicted octanol–water partition coefficient (Wildman–Crippen LogP) is 7.26. The molecule has 1 aliphatic rings. The van der Waals surface area contributed by atoms with Crippen molar-refractivity contribution in [1.29, 1.82) is 0 Å². The Hall–Kier alpha value is -2.55. The molecule has 3 nitrogen and oxygen atoms in total. The molecule has 28 heavy (non-hydrogen) atoms. The molecule has 148 valence electrons. The Kier molecular flexibility index (Phi) is 7.30. The third-order valence-corrected chi connectivity index (χ3v) is 5.46. The first kappa shape index (κ1) is 20.2. The molecular formula is C25H30O3. The zero-order valence-electron chi connectivity index (χ0n) is 16.9. The van der Waals surface area contributed by atoms with Crippen molar-refractivity contribution in [1.82, 2.24) is 0 Å². The third kappa shape index (κ3) is 5.48. The third-order valence-electron chi connectivity index (χ3n) is 5.46. The maximum atomic E-state index is 11.6. The molecule has 0 N–H and O–H groups in total. The summed E-state index contributed by atoms with van der Waals surface area (Å²) >= 11 is 0. The zero-order valence-corrected chi connectivity index (χ0v) is 16.9. The summed E-state index contributed by atoms with van der Waals surface area (Å²) in [5.41, 5.74) is 5.06. The molecule has 2 aromatic rings. The Balaban J connectivity index is 1.60. The number of carbonyl (C=O) groups is 1. The van der Waals surface area contributed by atoms with Crippen molar-refractivity contribution in [2.45, 2.75) is 52.4 Å². The van der Waals surface area contributed by atoms with Gasteiger partial charge in [0.15, 0.2) is 0 Å². The number of hydrogen-bond donors (Lipinski definition) is 0. The quantitative estimate of drug-likeness (QED) is 0.289. The van der Waals surface area contributed by atoms with Crippen molar-refractivity contribution in [2.24, 2.45) is 5.92 Å². The molecule has 0 aliphatic heterocycles. The number of benzene rings is 2. The van der Waals surface area contributed by atoms with Crippen molar-refractivity contribution in [3.05, 3.63) is 60.2 Å². The van der Waals surface area contributed by atoms with Gasteiger partial charge in [0.1, 0.15) is 5.75 Å². The van der Waals surface area contributed by atoms with E-state index >= 15 is 0 Å². The molecule has 1 aliphatic carbocycles. The molecule has 0 radical (unpaired) electrons. The summed E-state index contributed by atoms with van der Waals surface area (Å²) in [4.78, 5) is 11.6. The van der Waals surface area contributed by atoms with Crippen LogP contribution in [0.1, 0.15) is 57.9 Å². The van der Waals surface area contributed by atoms with E-state index in [1.165, 1.54) is 36.8 Å². The smallest absolute Gasteiger partial charge is 0.434 e. The van der Waals surface area contributed by atoms with Crippen LogP contribution in [0.5, 0.6) is 5.75 Å². The molecule has 0 bridgehead atoms. The maximum Gasteiger partial charge on any atom is 0.513 e. The van der Waals surface area contributed by atoms with Crippen LogP contribution >= 0.6 is 0 Å². The van der Waals surface area contributed by atoms with Gasteiger partial charge in [-0.25, -0.2) is 4.79 Å². The van der Waals surface area contributed by atoms with Crippen LogP contribution in [0.15, 0.2) is 54.6 Å². The fourth-order valence-corrected chi connectivity index (χ4v) is 3.54. The normalized spacial score (nSPS) is 16.4. The van der Waals surface area contributed by atoms with E-state index < -0.39 is 6.16 Å². The van der Waals surface area contributed by atoms with Gasteiger partial charge in [-0.3, -0.25) is 0 Å². The van der Waals surface area contributed by atoms with Crippen LogP contribution in [0.4, 0.5) is 4.79 Å². The molecule has 0 heterocycles. The highest BCUT2D eigenvalue weighted by Gasteiger charge is 2.14. The van der Waals surface area contributed by atoms with Crippen molar-refractivity contribution in [3.8, 4) is 16.9 Å². The first-order valence-electron chi connectivity index (χ1n) is 10.4. The summed E-state index contributed by atoms with van der Waals surface area (Å²) in [7, 11) is 0. The van der Waals surface area contributed by atoms with Gasteiger partial charge < -0.3 is 9.47 Å². The Morgan fingerprint density at radius 2 is 1.61 bits per heavy atom. The molecule has 3 rings (SSSR count). The van der Waals surface area contributed by atoms with Crippen LogP contribution in [0.2, 0.25) is 0 Å². The predicted molar refractivity (Wildman–Crippen MR) is 114 cm³/mol. The van der Waals surface area contributed by atoms with Gasteiger partial charge in [0.05, 0.1) is 6.61 Å². The Morgan fingerprint density at radius 3 is 2.18 bits per heavy atom. The number of carbonyl (C=O) groups excluding carboxylic acids is 1. The summed E-state index contributed by atoms with van der Waals surface area (Å²) < 4.78 is 10.2. The lowest BCUT2D eigenvalue weighted by Gasteiger charge is -2.20. The molecule has 0 spiro atoms. The average Bonchev–Trinajstić information content (AvgIpc) is 2.75.